The van der Waals surface area contributed by atoms with E-state index in [1.165, 1.54) is 7.11 Å². The van der Waals surface area contributed by atoms with Gasteiger partial charge >= 0.3 is 5.97 Å². The van der Waals surface area contributed by atoms with Gasteiger partial charge in [0.2, 0.25) is 5.82 Å². The van der Waals surface area contributed by atoms with Crippen molar-refractivity contribution in [3.63, 3.8) is 0 Å². The highest BCUT2D eigenvalue weighted by Gasteiger charge is 2.16. The summed E-state index contributed by atoms with van der Waals surface area (Å²) in [5.74, 6) is 0.959. The smallest absolute Gasteiger partial charge is 0.338 e. The molecule has 0 saturated heterocycles. The van der Waals surface area contributed by atoms with Crippen molar-refractivity contribution in [3.8, 4) is 23.0 Å². The summed E-state index contributed by atoms with van der Waals surface area (Å²) in [6.07, 6.45) is 0. The van der Waals surface area contributed by atoms with E-state index in [1.54, 1.807) is 36.4 Å². The summed E-state index contributed by atoms with van der Waals surface area (Å²) in [6, 6.07) is 11.9. The molecule has 0 saturated carbocycles. The third-order valence-corrected chi connectivity index (χ3v) is 3.93. The number of hydrogen-bond acceptors (Lipinski definition) is 7. The largest absolute Gasteiger partial charge is 0.493 e. The quantitative estimate of drug-likeness (QED) is 0.562. The second-order valence-corrected chi connectivity index (χ2v) is 5.78. The average molecular weight is 389 g/mol. The van der Waals surface area contributed by atoms with E-state index in [0.717, 1.165) is 0 Å². The Balaban J connectivity index is 1.68. The lowest BCUT2D eigenvalue weighted by Gasteiger charge is -2.10. The number of nitrogens with zero attached hydrogens (tertiary/aromatic N) is 2. The van der Waals surface area contributed by atoms with Crippen molar-refractivity contribution in [1.29, 1.82) is 0 Å². The lowest BCUT2D eigenvalue weighted by atomic mass is 10.2. The summed E-state index contributed by atoms with van der Waals surface area (Å²) in [5.41, 5.74) is 0.940. The van der Waals surface area contributed by atoms with Crippen molar-refractivity contribution in [2.24, 2.45) is 0 Å². The first kappa shape index (κ1) is 18.7. The Bertz CT molecular complexity index is 941. The highest BCUT2D eigenvalue weighted by Crippen LogP contribution is 2.29. The van der Waals surface area contributed by atoms with Gasteiger partial charge in [0, 0.05) is 0 Å². The van der Waals surface area contributed by atoms with Crippen molar-refractivity contribution < 1.29 is 23.5 Å². The molecule has 0 atom stereocenters. The molecule has 1 heterocycles. The van der Waals surface area contributed by atoms with Gasteiger partial charge < -0.3 is 18.7 Å². The van der Waals surface area contributed by atoms with Crippen LogP contribution in [0.1, 0.15) is 23.1 Å². The van der Waals surface area contributed by atoms with Gasteiger partial charge in [0.15, 0.2) is 18.1 Å². The van der Waals surface area contributed by atoms with E-state index in [1.807, 2.05) is 13.0 Å². The van der Waals surface area contributed by atoms with E-state index in [0.29, 0.717) is 34.3 Å². The van der Waals surface area contributed by atoms with Crippen LogP contribution >= 0.6 is 11.6 Å². The Morgan fingerprint density at radius 2 is 2.00 bits per heavy atom. The highest BCUT2D eigenvalue weighted by atomic mass is 35.5. The third kappa shape index (κ3) is 4.38. The summed E-state index contributed by atoms with van der Waals surface area (Å²) in [6.45, 7) is 2.16. The molecule has 0 aliphatic rings. The number of halogens is 1. The van der Waals surface area contributed by atoms with E-state index in [2.05, 4.69) is 10.1 Å². The molecule has 7 nitrogen and oxygen atoms in total. The predicted molar refractivity (Wildman–Crippen MR) is 98.0 cm³/mol. The number of aromatic nitrogens is 2. The van der Waals surface area contributed by atoms with Crippen molar-refractivity contribution in [2.45, 2.75) is 13.5 Å². The number of esters is 1. The van der Waals surface area contributed by atoms with E-state index in [9.17, 15) is 4.79 Å². The third-order valence-electron chi connectivity index (χ3n) is 3.60. The number of hydrogen-bond donors (Lipinski definition) is 0. The summed E-state index contributed by atoms with van der Waals surface area (Å²) >= 11 is 6.11. The number of methoxy groups -OCH3 is 1. The van der Waals surface area contributed by atoms with Crippen LogP contribution in [0.5, 0.6) is 11.5 Å². The molecule has 0 aliphatic carbocycles. The van der Waals surface area contributed by atoms with E-state index in [4.69, 9.17) is 30.3 Å². The molecule has 3 rings (SSSR count). The maximum atomic E-state index is 12.3. The van der Waals surface area contributed by atoms with Gasteiger partial charge in [0.1, 0.15) is 0 Å². The molecule has 2 aromatic carbocycles. The SMILES string of the molecule is CCOc1cc(C(=O)OCc2noc(-c3ccccc3Cl)n2)ccc1OC. The second-order valence-electron chi connectivity index (χ2n) is 5.37. The van der Waals surface area contributed by atoms with Crippen molar-refractivity contribution in [3.05, 3.63) is 58.9 Å². The first-order valence-corrected chi connectivity index (χ1v) is 8.55. The van der Waals surface area contributed by atoms with E-state index >= 15 is 0 Å². The Labute approximate surface area is 160 Å². The minimum atomic E-state index is -0.539. The molecule has 3 aromatic rings. The van der Waals surface area contributed by atoms with Crippen LogP contribution in [0.2, 0.25) is 5.02 Å². The van der Waals surface area contributed by atoms with Crippen LogP contribution in [0.3, 0.4) is 0 Å². The van der Waals surface area contributed by atoms with Gasteiger partial charge in [-0.3, -0.25) is 0 Å². The van der Waals surface area contributed by atoms with Gasteiger partial charge in [-0.15, -0.1) is 0 Å². The fraction of sp³-hybridized carbons (Fsp3) is 0.211. The van der Waals surface area contributed by atoms with E-state index in [-0.39, 0.29) is 18.3 Å². The van der Waals surface area contributed by atoms with Gasteiger partial charge in [-0.05, 0) is 37.3 Å². The van der Waals surface area contributed by atoms with Gasteiger partial charge in [-0.25, -0.2) is 4.79 Å². The maximum absolute atomic E-state index is 12.3. The average Bonchev–Trinajstić information content (AvgIpc) is 3.15. The highest BCUT2D eigenvalue weighted by molar-refractivity contribution is 6.33. The number of benzene rings is 2. The zero-order valence-electron chi connectivity index (χ0n) is 14.8. The van der Waals surface area contributed by atoms with Crippen molar-refractivity contribution in [2.75, 3.05) is 13.7 Å². The van der Waals surface area contributed by atoms with Gasteiger partial charge in [0.25, 0.3) is 5.89 Å². The second kappa shape index (κ2) is 8.55. The predicted octanol–water partition coefficient (Wildman–Crippen LogP) is 4.15. The Morgan fingerprint density at radius 1 is 1.19 bits per heavy atom. The fourth-order valence-corrected chi connectivity index (χ4v) is 2.56. The van der Waals surface area contributed by atoms with Crippen LogP contribution in [0.4, 0.5) is 0 Å². The molecule has 0 amide bonds. The van der Waals surface area contributed by atoms with E-state index < -0.39 is 5.97 Å². The van der Waals surface area contributed by atoms with Gasteiger partial charge in [-0.2, -0.15) is 4.98 Å². The molecular weight excluding hydrogens is 372 g/mol. The molecule has 0 bridgehead atoms. The summed E-state index contributed by atoms with van der Waals surface area (Å²) in [5, 5.41) is 4.30. The minimum Gasteiger partial charge on any atom is -0.493 e. The van der Waals surface area contributed by atoms with Gasteiger partial charge in [0.05, 0.1) is 29.9 Å². The topological polar surface area (TPSA) is 83.7 Å². The summed E-state index contributed by atoms with van der Waals surface area (Å²) in [7, 11) is 1.53. The molecule has 1 aromatic heterocycles. The molecule has 0 N–H and O–H groups in total. The van der Waals surface area contributed by atoms with Gasteiger partial charge in [-0.1, -0.05) is 28.9 Å². The molecule has 0 aliphatic heterocycles. The maximum Gasteiger partial charge on any atom is 0.338 e. The zero-order valence-corrected chi connectivity index (χ0v) is 15.5. The summed E-state index contributed by atoms with van der Waals surface area (Å²) in [4.78, 5) is 16.5. The first-order chi connectivity index (χ1) is 13.1. The normalized spacial score (nSPS) is 10.5. The number of carbonyl (C=O) groups excluding carboxylic acids is 1. The standard InChI is InChI=1S/C19H17ClN2O5/c1-3-25-16-10-12(8-9-15(16)24-2)19(23)26-11-17-21-18(27-22-17)13-6-4-5-7-14(13)20/h4-10H,3,11H2,1-2H3. The minimum absolute atomic E-state index is 0.136. The molecule has 0 radical (unpaired) electrons. The Morgan fingerprint density at radius 3 is 2.74 bits per heavy atom. The molecule has 0 spiro atoms. The van der Waals surface area contributed by atoms with Crippen molar-refractivity contribution in [1.82, 2.24) is 10.1 Å². The van der Waals surface area contributed by atoms with Crippen LogP contribution in [0, 0.1) is 0 Å². The summed E-state index contributed by atoms with van der Waals surface area (Å²) < 4.78 is 21.1. The number of carbonyl (C=O) groups is 1. The molecule has 0 fully saturated rings. The van der Waals surface area contributed by atoms with Crippen LogP contribution in [-0.2, 0) is 11.3 Å². The van der Waals surface area contributed by atoms with Crippen LogP contribution in [-0.4, -0.2) is 29.8 Å². The zero-order chi connectivity index (χ0) is 19.2. The Kier molecular flexibility index (Phi) is 5.93. The molecule has 0 unspecified atom stereocenters. The molecule has 8 heteroatoms. The molecule has 27 heavy (non-hydrogen) atoms. The number of ether oxygens (including phenoxy) is 3. The molecule has 140 valence electrons. The van der Waals surface area contributed by atoms with Crippen LogP contribution in [0.25, 0.3) is 11.5 Å². The lowest BCUT2D eigenvalue weighted by molar-refractivity contribution is 0.0459. The lowest BCUT2D eigenvalue weighted by Crippen LogP contribution is -2.07. The molecular formula is C19H17ClN2O5. The van der Waals surface area contributed by atoms with Crippen LogP contribution in [0.15, 0.2) is 47.0 Å². The Hall–Kier alpha value is -3.06. The number of rotatable bonds is 7. The van der Waals surface area contributed by atoms with Crippen LogP contribution < -0.4 is 9.47 Å². The van der Waals surface area contributed by atoms with Crippen molar-refractivity contribution >= 4 is 17.6 Å². The fourth-order valence-electron chi connectivity index (χ4n) is 2.34. The monoisotopic (exact) mass is 388 g/mol. The first-order valence-electron chi connectivity index (χ1n) is 8.17.